The quantitative estimate of drug-likeness (QED) is 0.672. The number of aromatic nitrogens is 3. The standard InChI is InChI=1S/C17H15N5/c1-11-16-10-22-17(18)7-15(16)12(8-20-11)3-4-13-5-6-14(19-2)9-21-13/h5-10,19H,1-2H3,(H2,18,22). The molecule has 3 aromatic rings. The van der Waals surface area contributed by atoms with Crippen LogP contribution in [0.2, 0.25) is 0 Å². The van der Waals surface area contributed by atoms with Crippen molar-refractivity contribution in [3.63, 3.8) is 0 Å². The molecule has 0 aromatic carbocycles. The van der Waals surface area contributed by atoms with Gasteiger partial charge in [-0.2, -0.15) is 0 Å². The lowest BCUT2D eigenvalue weighted by Gasteiger charge is -2.04. The Labute approximate surface area is 128 Å². The van der Waals surface area contributed by atoms with Crippen LogP contribution in [0.1, 0.15) is 17.0 Å². The van der Waals surface area contributed by atoms with E-state index in [9.17, 15) is 0 Å². The van der Waals surface area contributed by atoms with Crippen LogP contribution in [0.4, 0.5) is 11.5 Å². The molecule has 5 heteroatoms. The normalized spacial score (nSPS) is 10.1. The zero-order chi connectivity index (χ0) is 15.5. The van der Waals surface area contributed by atoms with Crippen molar-refractivity contribution < 1.29 is 0 Å². The van der Waals surface area contributed by atoms with Crippen LogP contribution in [0, 0.1) is 18.8 Å². The smallest absolute Gasteiger partial charge is 0.123 e. The van der Waals surface area contributed by atoms with Crippen molar-refractivity contribution in [2.45, 2.75) is 6.92 Å². The Hall–Kier alpha value is -3.13. The van der Waals surface area contributed by atoms with Gasteiger partial charge in [0.1, 0.15) is 11.5 Å². The first kappa shape index (κ1) is 13.8. The minimum absolute atomic E-state index is 0.470. The summed E-state index contributed by atoms with van der Waals surface area (Å²) in [6.07, 6.45) is 5.24. The summed E-state index contributed by atoms with van der Waals surface area (Å²) in [6, 6.07) is 5.63. The van der Waals surface area contributed by atoms with Crippen molar-refractivity contribution in [3.8, 4) is 11.8 Å². The lowest BCUT2D eigenvalue weighted by Crippen LogP contribution is -1.94. The van der Waals surface area contributed by atoms with Gasteiger partial charge in [-0.05, 0) is 31.0 Å². The number of hydrogen-bond acceptors (Lipinski definition) is 5. The third-order valence-corrected chi connectivity index (χ3v) is 3.37. The van der Waals surface area contributed by atoms with E-state index in [1.165, 1.54) is 0 Å². The van der Waals surface area contributed by atoms with E-state index in [-0.39, 0.29) is 0 Å². The number of rotatable bonds is 1. The third-order valence-electron chi connectivity index (χ3n) is 3.37. The summed E-state index contributed by atoms with van der Waals surface area (Å²) >= 11 is 0. The average Bonchev–Trinajstić information content (AvgIpc) is 2.54. The molecule has 3 rings (SSSR count). The molecular formula is C17H15N5. The van der Waals surface area contributed by atoms with Gasteiger partial charge >= 0.3 is 0 Å². The summed E-state index contributed by atoms with van der Waals surface area (Å²) in [6.45, 7) is 1.94. The number of nitrogen functional groups attached to an aromatic ring is 1. The highest BCUT2D eigenvalue weighted by atomic mass is 14.8. The molecule has 0 aliphatic rings. The first-order valence-electron chi connectivity index (χ1n) is 6.84. The van der Waals surface area contributed by atoms with Crippen molar-refractivity contribution >= 4 is 22.3 Å². The van der Waals surface area contributed by atoms with Crippen LogP contribution < -0.4 is 11.1 Å². The van der Waals surface area contributed by atoms with Crippen LogP contribution in [0.3, 0.4) is 0 Å². The average molecular weight is 289 g/mol. The topological polar surface area (TPSA) is 76.7 Å². The predicted octanol–water partition coefficient (Wildman–Crippen LogP) is 2.36. The van der Waals surface area contributed by atoms with E-state index in [4.69, 9.17) is 5.73 Å². The summed E-state index contributed by atoms with van der Waals surface area (Å²) < 4.78 is 0. The van der Waals surface area contributed by atoms with E-state index < -0.39 is 0 Å². The second-order valence-electron chi connectivity index (χ2n) is 4.84. The maximum absolute atomic E-state index is 5.78. The third kappa shape index (κ3) is 2.67. The maximum Gasteiger partial charge on any atom is 0.123 e. The SMILES string of the molecule is CNc1ccc(C#Cc2cnc(C)c3cnc(N)cc23)nc1. The number of fused-ring (bicyclic) bond motifs is 1. The molecule has 0 spiro atoms. The van der Waals surface area contributed by atoms with Crippen molar-refractivity contribution in [3.05, 3.63) is 53.7 Å². The largest absolute Gasteiger partial charge is 0.387 e. The minimum atomic E-state index is 0.470. The molecule has 0 radical (unpaired) electrons. The number of nitrogens with two attached hydrogens (primary N) is 1. The van der Waals surface area contributed by atoms with Gasteiger partial charge in [0, 0.05) is 35.9 Å². The fourth-order valence-corrected chi connectivity index (χ4v) is 2.13. The lowest BCUT2D eigenvalue weighted by molar-refractivity contribution is 1.22. The van der Waals surface area contributed by atoms with Crippen LogP contribution in [0.5, 0.6) is 0 Å². The number of nitrogens with one attached hydrogen (secondary N) is 1. The molecule has 0 unspecified atom stereocenters. The fraction of sp³-hybridized carbons (Fsp3) is 0.118. The van der Waals surface area contributed by atoms with Gasteiger partial charge in [-0.1, -0.05) is 5.92 Å². The fourth-order valence-electron chi connectivity index (χ4n) is 2.13. The zero-order valence-electron chi connectivity index (χ0n) is 12.4. The van der Waals surface area contributed by atoms with Gasteiger partial charge in [-0.25, -0.2) is 9.97 Å². The lowest BCUT2D eigenvalue weighted by atomic mass is 10.1. The molecule has 0 fully saturated rings. The molecule has 0 aliphatic carbocycles. The van der Waals surface area contributed by atoms with Gasteiger partial charge in [-0.3, -0.25) is 4.98 Å². The number of aryl methyl sites for hydroxylation is 1. The summed E-state index contributed by atoms with van der Waals surface area (Å²) in [5, 5.41) is 4.94. The van der Waals surface area contributed by atoms with Crippen LogP contribution >= 0.6 is 0 Å². The second-order valence-corrected chi connectivity index (χ2v) is 4.84. The number of pyridine rings is 3. The Bertz CT molecular complexity index is 889. The van der Waals surface area contributed by atoms with E-state index >= 15 is 0 Å². The summed E-state index contributed by atoms with van der Waals surface area (Å²) in [4.78, 5) is 12.8. The predicted molar refractivity (Wildman–Crippen MR) is 88.5 cm³/mol. The van der Waals surface area contributed by atoms with Crippen LogP contribution in [0.25, 0.3) is 10.8 Å². The van der Waals surface area contributed by atoms with E-state index in [1.807, 2.05) is 32.2 Å². The molecule has 0 saturated carbocycles. The van der Waals surface area contributed by atoms with Gasteiger partial charge in [0.15, 0.2) is 0 Å². The first-order valence-corrected chi connectivity index (χ1v) is 6.84. The Morgan fingerprint density at radius 3 is 2.59 bits per heavy atom. The van der Waals surface area contributed by atoms with Gasteiger partial charge in [0.05, 0.1) is 17.4 Å². The molecule has 0 bridgehead atoms. The van der Waals surface area contributed by atoms with Crippen molar-refractivity contribution in [2.75, 3.05) is 18.1 Å². The van der Waals surface area contributed by atoms with E-state index in [0.717, 1.165) is 27.7 Å². The van der Waals surface area contributed by atoms with Crippen LogP contribution in [0.15, 0.2) is 36.8 Å². The highest BCUT2D eigenvalue weighted by Gasteiger charge is 2.04. The molecule has 108 valence electrons. The molecule has 5 nitrogen and oxygen atoms in total. The van der Waals surface area contributed by atoms with Gasteiger partial charge in [0.25, 0.3) is 0 Å². The summed E-state index contributed by atoms with van der Waals surface area (Å²) in [7, 11) is 1.85. The molecular weight excluding hydrogens is 274 g/mol. The zero-order valence-corrected chi connectivity index (χ0v) is 12.4. The highest BCUT2D eigenvalue weighted by Crippen LogP contribution is 2.21. The Morgan fingerprint density at radius 1 is 1.00 bits per heavy atom. The molecule has 3 N–H and O–H groups in total. The van der Waals surface area contributed by atoms with Gasteiger partial charge in [-0.15, -0.1) is 0 Å². The van der Waals surface area contributed by atoms with Gasteiger partial charge < -0.3 is 11.1 Å². The molecule has 0 amide bonds. The molecule has 0 saturated heterocycles. The van der Waals surface area contributed by atoms with Crippen molar-refractivity contribution in [1.29, 1.82) is 0 Å². The van der Waals surface area contributed by atoms with Crippen LogP contribution in [-0.4, -0.2) is 22.0 Å². The Morgan fingerprint density at radius 2 is 1.86 bits per heavy atom. The highest BCUT2D eigenvalue weighted by molar-refractivity contribution is 5.90. The molecule has 22 heavy (non-hydrogen) atoms. The van der Waals surface area contributed by atoms with E-state index in [1.54, 1.807) is 18.6 Å². The molecule has 3 heterocycles. The Kier molecular flexibility index (Phi) is 3.58. The van der Waals surface area contributed by atoms with Crippen molar-refractivity contribution in [1.82, 2.24) is 15.0 Å². The second kappa shape index (κ2) is 5.70. The molecule has 0 atom stereocenters. The number of nitrogens with zero attached hydrogens (tertiary/aromatic N) is 3. The van der Waals surface area contributed by atoms with E-state index in [2.05, 4.69) is 32.1 Å². The van der Waals surface area contributed by atoms with Crippen molar-refractivity contribution in [2.24, 2.45) is 0 Å². The minimum Gasteiger partial charge on any atom is -0.387 e. The monoisotopic (exact) mass is 289 g/mol. The maximum atomic E-state index is 5.78. The number of hydrogen-bond donors (Lipinski definition) is 2. The first-order chi connectivity index (χ1) is 10.7. The van der Waals surface area contributed by atoms with Gasteiger partial charge in [0.2, 0.25) is 0 Å². The summed E-state index contributed by atoms with van der Waals surface area (Å²) in [5.74, 6) is 6.64. The molecule has 3 aromatic heterocycles. The Balaban J connectivity index is 2.06. The number of anilines is 2. The summed E-state index contributed by atoms with van der Waals surface area (Å²) in [5.41, 5.74) is 9.16. The van der Waals surface area contributed by atoms with Crippen LogP contribution in [-0.2, 0) is 0 Å². The van der Waals surface area contributed by atoms with E-state index in [0.29, 0.717) is 11.5 Å². The molecule has 0 aliphatic heterocycles.